The van der Waals surface area contributed by atoms with Gasteiger partial charge in [-0.1, -0.05) is 35.5 Å². The van der Waals surface area contributed by atoms with Crippen LogP contribution in [0.1, 0.15) is 30.5 Å². The summed E-state index contributed by atoms with van der Waals surface area (Å²) in [4.78, 5) is 8.66. The van der Waals surface area contributed by atoms with Crippen LogP contribution in [0.2, 0.25) is 0 Å². The van der Waals surface area contributed by atoms with Crippen molar-refractivity contribution in [3.8, 4) is 11.3 Å². The van der Waals surface area contributed by atoms with Crippen LogP contribution in [0, 0.1) is 0 Å². The van der Waals surface area contributed by atoms with Gasteiger partial charge < -0.3 is 13.9 Å². The number of anilines is 1. The summed E-state index contributed by atoms with van der Waals surface area (Å²) < 4.78 is 11.0. The molecule has 0 amide bonds. The number of rotatable bonds is 5. The molecule has 2 aromatic heterocycles. The van der Waals surface area contributed by atoms with Crippen LogP contribution in [0.5, 0.6) is 0 Å². The molecule has 0 N–H and O–H groups in total. The van der Waals surface area contributed by atoms with E-state index in [-0.39, 0.29) is 6.04 Å². The number of nitrogens with zero attached hydrogens (tertiary/aromatic N) is 5. The number of hydrogen-bond donors (Lipinski definition) is 0. The standard InChI is InChI=1S/C18H21N5O2/c1-22(2)18-19-17(25-21-18)15-9-6-10-23(15)12-14-11-16(24-20-14)13-7-4-3-5-8-13/h3-5,7-8,11,15H,6,9-10,12H2,1-2H3. The van der Waals surface area contributed by atoms with E-state index in [1.807, 2.05) is 55.4 Å². The molecule has 0 saturated carbocycles. The molecule has 7 heteroatoms. The highest BCUT2D eigenvalue weighted by Gasteiger charge is 2.31. The largest absolute Gasteiger partial charge is 0.356 e. The van der Waals surface area contributed by atoms with Gasteiger partial charge in [0.1, 0.15) is 0 Å². The van der Waals surface area contributed by atoms with Crippen LogP contribution in [-0.2, 0) is 6.54 Å². The van der Waals surface area contributed by atoms with Gasteiger partial charge in [0.05, 0.1) is 11.7 Å². The predicted octanol–water partition coefficient (Wildman–Crippen LogP) is 3.13. The fourth-order valence-corrected chi connectivity index (χ4v) is 3.17. The first kappa shape index (κ1) is 15.8. The van der Waals surface area contributed by atoms with E-state index in [0.29, 0.717) is 18.4 Å². The number of aromatic nitrogens is 3. The van der Waals surface area contributed by atoms with Gasteiger partial charge >= 0.3 is 0 Å². The van der Waals surface area contributed by atoms with Crippen molar-refractivity contribution < 1.29 is 9.05 Å². The Kier molecular flexibility index (Phi) is 4.23. The van der Waals surface area contributed by atoms with Crippen LogP contribution in [0.15, 0.2) is 45.4 Å². The smallest absolute Gasteiger partial charge is 0.265 e. The lowest BCUT2D eigenvalue weighted by molar-refractivity contribution is 0.196. The Bertz CT molecular complexity index is 827. The van der Waals surface area contributed by atoms with E-state index in [1.54, 1.807) is 0 Å². The molecule has 3 aromatic rings. The zero-order chi connectivity index (χ0) is 17.2. The lowest BCUT2D eigenvalue weighted by Gasteiger charge is -2.19. The van der Waals surface area contributed by atoms with Crippen LogP contribution >= 0.6 is 0 Å². The summed E-state index contributed by atoms with van der Waals surface area (Å²) in [6.45, 7) is 1.69. The number of hydrogen-bond acceptors (Lipinski definition) is 7. The van der Waals surface area contributed by atoms with E-state index in [2.05, 4.69) is 20.2 Å². The summed E-state index contributed by atoms with van der Waals surface area (Å²) in [6.07, 6.45) is 2.12. The van der Waals surface area contributed by atoms with Crippen molar-refractivity contribution in [2.75, 3.05) is 25.5 Å². The molecule has 130 valence electrons. The van der Waals surface area contributed by atoms with Gasteiger partial charge in [-0.3, -0.25) is 4.90 Å². The lowest BCUT2D eigenvalue weighted by Crippen LogP contribution is -2.23. The van der Waals surface area contributed by atoms with Crippen molar-refractivity contribution in [1.29, 1.82) is 0 Å². The van der Waals surface area contributed by atoms with E-state index in [9.17, 15) is 0 Å². The average Bonchev–Trinajstić information content (AvgIpc) is 3.36. The fourth-order valence-electron chi connectivity index (χ4n) is 3.17. The van der Waals surface area contributed by atoms with Crippen LogP contribution in [0.3, 0.4) is 0 Å². The van der Waals surface area contributed by atoms with Gasteiger partial charge in [-0.2, -0.15) is 4.98 Å². The van der Waals surface area contributed by atoms with Gasteiger partial charge in [-0.15, -0.1) is 0 Å². The minimum atomic E-state index is 0.137. The van der Waals surface area contributed by atoms with Gasteiger partial charge in [-0.05, 0) is 24.5 Å². The summed E-state index contributed by atoms with van der Waals surface area (Å²) in [7, 11) is 3.81. The summed E-state index contributed by atoms with van der Waals surface area (Å²) >= 11 is 0. The van der Waals surface area contributed by atoms with E-state index in [1.165, 1.54) is 0 Å². The zero-order valence-electron chi connectivity index (χ0n) is 14.4. The Morgan fingerprint density at radius 3 is 2.76 bits per heavy atom. The molecule has 1 atom stereocenters. The quantitative estimate of drug-likeness (QED) is 0.707. The number of likely N-dealkylation sites (tertiary alicyclic amines) is 1. The highest BCUT2D eigenvalue weighted by Crippen LogP contribution is 2.33. The summed E-state index contributed by atoms with van der Waals surface area (Å²) in [5.74, 6) is 2.07. The molecule has 1 fully saturated rings. The van der Waals surface area contributed by atoms with Crippen LogP contribution in [0.4, 0.5) is 5.95 Å². The first-order valence-corrected chi connectivity index (χ1v) is 8.47. The summed E-state index contributed by atoms with van der Waals surface area (Å²) in [5.41, 5.74) is 1.95. The molecule has 0 aliphatic carbocycles. The molecular weight excluding hydrogens is 318 g/mol. The van der Waals surface area contributed by atoms with Crippen molar-refractivity contribution in [2.24, 2.45) is 0 Å². The van der Waals surface area contributed by atoms with E-state index in [0.717, 1.165) is 36.4 Å². The third-order valence-corrected chi connectivity index (χ3v) is 4.46. The second-order valence-corrected chi connectivity index (χ2v) is 6.50. The maximum Gasteiger partial charge on any atom is 0.265 e. The van der Waals surface area contributed by atoms with E-state index in [4.69, 9.17) is 9.05 Å². The average molecular weight is 339 g/mol. The van der Waals surface area contributed by atoms with Crippen molar-refractivity contribution in [3.63, 3.8) is 0 Å². The second-order valence-electron chi connectivity index (χ2n) is 6.50. The molecule has 25 heavy (non-hydrogen) atoms. The molecule has 0 radical (unpaired) electrons. The normalized spacial score (nSPS) is 17.9. The highest BCUT2D eigenvalue weighted by molar-refractivity contribution is 5.56. The van der Waals surface area contributed by atoms with Gasteiger partial charge in [0.25, 0.3) is 5.95 Å². The topological polar surface area (TPSA) is 71.4 Å². The van der Waals surface area contributed by atoms with Crippen LogP contribution < -0.4 is 4.90 Å². The van der Waals surface area contributed by atoms with E-state index >= 15 is 0 Å². The highest BCUT2D eigenvalue weighted by atomic mass is 16.5. The Labute approximate surface area is 146 Å². The van der Waals surface area contributed by atoms with Crippen molar-refractivity contribution in [3.05, 3.63) is 48.0 Å². The molecular formula is C18H21N5O2. The van der Waals surface area contributed by atoms with Crippen molar-refractivity contribution in [2.45, 2.75) is 25.4 Å². The van der Waals surface area contributed by atoms with Crippen LogP contribution in [-0.4, -0.2) is 40.8 Å². The Hall–Kier alpha value is -2.67. The lowest BCUT2D eigenvalue weighted by atomic mass is 10.1. The zero-order valence-corrected chi connectivity index (χ0v) is 14.4. The molecule has 1 saturated heterocycles. The maximum absolute atomic E-state index is 5.50. The molecule has 0 spiro atoms. The molecule has 1 unspecified atom stereocenters. The first-order chi connectivity index (χ1) is 12.2. The predicted molar refractivity (Wildman–Crippen MR) is 92.9 cm³/mol. The second kappa shape index (κ2) is 6.68. The number of benzene rings is 1. The van der Waals surface area contributed by atoms with Crippen LogP contribution in [0.25, 0.3) is 11.3 Å². The molecule has 4 rings (SSSR count). The van der Waals surface area contributed by atoms with Gasteiger partial charge in [0, 0.05) is 32.3 Å². The monoisotopic (exact) mass is 339 g/mol. The molecule has 1 aliphatic heterocycles. The Morgan fingerprint density at radius 2 is 2.00 bits per heavy atom. The van der Waals surface area contributed by atoms with Crippen molar-refractivity contribution >= 4 is 5.95 Å². The molecule has 7 nitrogen and oxygen atoms in total. The van der Waals surface area contributed by atoms with Gasteiger partial charge in [0.15, 0.2) is 5.76 Å². The minimum Gasteiger partial charge on any atom is -0.356 e. The summed E-state index contributed by atoms with van der Waals surface area (Å²) in [6, 6.07) is 12.1. The SMILES string of the molecule is CN(C)c1noc(C2CCCN2Cc2cc(-c3ccccc3)on2)n1. The Morgan fingerprint density at radius 1 is 1.16 bits per heavy atom. The Balaban J connectivity index is 1.49. The molecule has 0 bridgehead atoms. The molecule has 1 aromatic carbocycles. The fraction of sp³-hybridized carbons (Fsp3) is 0.389. The van der Waals surface area contributed by atoms with E-state index < -0.39 is 0 Å². The maximum atomic E-state index is 5.50. The molecule has 1 aliphatic rings. The van der Waals surface area contributed by atoms with Gasteiger partial charge in [0.2, 0.25) is 5.89 Å². The minimum absolute atomic E-state index is 0.137. The van der Waals surface area contributed by atoms with Crippen molar-refractivity contribution in [1.82, 2.24) is 20.2 Å². The third kappa shape index (κ3) is 3.28. The molecule has 3 heterocycles. The van der Waals surface area contributed by atoms with Gasteiger partial charge in [-0.25, -0.2) is 0 Å². The summed E-state index contributed by atoms with van der Waals surface area (Å²) in [5, 5.41) is 8.25. The first-order valence-electron chi connectivity index (χ1n) is 8.47. The third-order valence-electron chi connectivity index (χ3n) is 4.46.